The molecular formula is C17H26N2O2. The second-order valence-electron chi connectivity index (χ2n) is 7.04. The molecule has 2 amide bonds. The highest BCUT2D eigenvalue weighted by atomic mass is 16.2. The van der Waals surface area contributed by atoms with Crippen molar-refractivity contribution in [1.82, 2.24) is 10.6 Å². The first-order valence-electron chi connectivity index (χ1n) is 7.21. The van der Waals surface area contributed by atoms with Gasteiger partial charge in [-0.15, -0.1) is 0 Å². The van der Waals surface area contributed by atoms with Gasteiger partial charge in [-0.3, -0.25) is 9.59 Å². The van der Waals surface area contributed by atoms with Crippen molar-refractivity contribution in [3.05, 3.63) is 36.6 Å². The Balaban J connectivity index is 2.62. The van der Waals surface area contributed by atoms with E-state index in [2.05, 4.69) is 44.6 Å². The molecule has 1 atom stereocenters. The van der Waals surface area contributed by atoms with Crippen LogP contribution in [0.2, 0.25) is 0 Å². The summed E-state index contributed by atoms with van der Waals surface area (Å²) in [5, 5.41) is 5.45. The summed E-state index contributed by atoms with van der Waals surface area (Å²) in [6.45, 7) is 15.6. The molecule has 0 aromatic rings. The maximum atomic E-state index is 12.1. The van der Waals surface area contributed by atoms with E-state index in [1.807, 2.05) is 6.08 Å². The molecule has 0 radical (unpaired) electrons. The van der Waals surface area contributed by atoms with E-state index in [1.165, 1.54) is 0 Å². The highest BCUT2D eigenvalue weighted by molar-refractivity contribution is 6.00. The smallest absolute Gasteiger partial charge is 0.251 e. The Morgan fingerprint density at radius 1 is 1.48 bits per heavy atom. The first-order chi connectivity index (χ1) is 9.53. The van der Waals surface area contributed by atoms with Crippen LogP contribution in [-0.2, 0) is 9.59 Å². The maximum Gasteiger partial charge on any atom is 0.251 e. The summed E-state index contributed by atoms with van der Waals surface area (Å²) in [4.78, 5) is 24.1. The van der Waals surface area contributed by atoms with Crippen LogP contribution in [0.3, 0.4) is 0 Å². The summed E-state index contributed by atoms with van der Waals surface area (Å²) < 4.78 is 0. The molecule has 4 nitrogen and oxygen atoms in total. The summed E-state index contributed by atoms with van der Waals surface area (Å²) in [6, 6.07) is 0. The van der Waals surface area contributed by atoms with Gasteiger partial charge in [0.15, 0.2) is 0 Å². The minimum atomic E-state index is -0.904. The normalized spacial score (nSPS) is 23.0. The number of nitrogens with one attached hydrogen (secondary N) is 2. The first-order valence-corrected chi connectivity index (χ1v) is 7.21. The van der Waals surface area contributed by atoms with Crippen molar-refractivity contribution >= 4 is 11.8 Å². The molecule has 1 saturated heterocycles. The fraction of sp³-hybridized carbons (Fsp3) is 0.529. The summed E-state index contributed by atoms with van der Waals surface area (Å²) in [5.74, 6) is -0.538. The van der Waals surface area contributed by atoms with Crippen LogP contribution >= 0.6 is 0 Å². The Labute approximate surface area is 127 Å². The van der Waals surface area contributed by atoms with Crippen LogP contribution in [0.4, 0.5) is 0 Å². The molecule has 1 fully saturated rings. The van der Waals surface area contributed by atoms with E-state index in [0.717, 1.165) is 6.42 Å². The Morgan fingerprint density at radius 3 is 2.62 bits per heavy atom. The number of piperidine rings is 1. The standard InChI is InChI=1S/C17H26N2O2/c1-12(8-7-10-16(3,4)5)14(20)19-17(6)11-9-13(2)18-15(17)21/h7-8H,1-2,9-11H2,3-6H3,(H,18,21)(H,19,20). The predicted octanol–water partition coefficient (Wildman–Crippen LogP) is 2.83. The number of allylic oxidation sites excluding steroid dienone is 2. The molecule has 4 heteroatoms. The Bertz CT molecular complexity index is 497. The van der Waals surface area contributed by atoms with E-state index < -0.39 is 5.54 Å². The van der Waals surface area contributed by atoms with Gasteiger partial charge in [0.25, 0.3) is 5.91 Å². The van der Waals surface area contributed by atoms with Gasteiger partial charge >= 0.3 is 0 Å². The maximum absolute atomic E-state index is 12.1. The Kier molecular flexibility index (Phi) is 5.15. The molecule has 1 aliphatic rings. The van der Waals surface area contributed by atoms with Crippen LogP contribution in [0, 0.1) is 5.41 Å². The fourth-order valence-corrected chi connectivity index (χ4v) is 1.96. The average molecular weight is 290 g/mol. The Hall–Kier alpha value is -1.84. The molecule has 1 unspecified atom stereocenters. The van der Waals surface area contributed by atoms with E-state index >= 15 is 0 Å². The lowest BCUT2D eigenvalue weighted by molar-refractivity contribution is -0.132. The third-order valence-electron chi connectivity index (χ3n) is 3.45. The molecule has 0 saturated carbocycles. The molecule has 0 aromatic carbocycles. The van der Waals surface area contributed by atoms with Gasteiger partial charge in [-0.25, -0.2) is 0 Å². The molecule has 1 aliphatic heterocycles. The van der Waals surface area contributed by atoms with Gasteiger partial charge in [0, 0.05) is 11.3 Å². The van der Waals surface area contributed by atoms with E-state index in [-0.39, 0.29) is 17.2 Å². The minimum absolute atomic E-state index is 0.169. The number of carbonyl (C=O) groups is 2. The zero-order chi connectivity index (χ0) is 16.3. The van der Waals surface area contributed by atoms with Gasteiger partial charge in [-0.2, -0.15) is 0 Å². The quantitative estimate of drug-likeness (QED) is 0.618. The fourth-order valence-electron chi connectivity index (χ4n) is 1.96. The van der Waals surface area contributed by atoms with Crippen molar-refractivity contribution in [3.8, 4) is 0 Å². The second kappa shape index (κ2) is 6.29. The minimum Gasteiger partial charge on any atom is -0.338 e. The summed E-state index contributed by atoms with van der Waals surface area (Å²) in [6.07, 6.45) is 5.71. The van der Waals surface area contributed by atoms with Crippen molar-refractivity contribution in [3.63, 3.8) is 0 Å². The number of hydrogen-bond donors (Lipinski definition) is 2. The Morgan fingerprint density at radius 2 is 2.10 bits per heavy atom. The number of carbonyl (C=O) groups excluding carboxylic acids is 2. The van der Waals surface area contributed by atoms with Crippen LogP contribution in [-0.4, -0.2) is 17.4 Å². The van der Waals surface area contributed by atoms with Crippen molar-refractivity contribution in [2.24, 2.45) is 5.41 Å². The molecule has 21 heavy (non-hydrogen) atoms. The van der Waals surface area contributed by atoms with Crippen molar-refractivity contribution in [2.75, 3.05) is 0 Å². The molecule has 0 aliphatic carbocycles. The molecule has 1 heterocycles. The van der Waals surface area contributed by atoms with Crippen LogP contribution in [0.15, 0.2) is 36.6 Å². The third kappa shape index (κ3) is 5.21. The largest absolute Gasteiger partial charge is 0.338 e. The molecule has 0 aromatic heterocycles. The molecule has 2 N–H and O–H groups in total. The topological polar surface area (TPSA) is 58.2 Å². The molecule has 0 bridgehead atoms. The van der Waals surface area contributed by atoms with Gasteiger partial charge in [0.1, 0.15) is 5.54 Å². The highest BCUT2D eigenvalue weighted by Gasteiger charge is 2.38. The van der Waals surface area contributed by atoms with E-state index in [1.54, 1.807) is 13.0 Å². The van der Waals surface area contributed by atoms with Crippen molar-refractivity contribution in [1.29, 1.82) is 0 Å². The number of amides is 2. The number of hydrogen-bond acceptors (Lipinski definition) is 2. The van der Waals surface area contributed by atoms with Crippen LogP contribution in [0.1, 0.15) is 47.0 Å². The van der Waals surface area contributed by atoms with Gasteiger partial charge in [0.05, 0.1) is 0 Å². The van der Waals surface area contributed by atoms with Crippen LogP contribution in [0.5, 0.6) is 0 Å². The van der Waals surface area contributed by atoms with E-state index in [4.69, 9.17) is 0 Å². The SMILES string of the molecule is C=C1CCC(C)(NC(=O)C(=C)C=CCC(C)(C)C)C(=O)N1. The van der Waals surface area contributed by atoms with E-state index in [9.17, 15) is 9.59 Å². The van der Waals surface area contributed by atoms with Gasteiger partial charge in [-0.05, 0) is 31.6 Å². The molecular weight excluding hydrogens is 264 g/mol. The summed E-state index contributed by atoms with van der Waals surface area (Å²) in [7, 11) is 0. The third-order valence-corrected chi connectivity index (χ3v) is 3.45. The zero-order valence-electron chi connectivity index (χ0n) is 13.5. The zero-order valence-corrected chi connectivity index (χ0v) is 13.5. The first kappa shape index (κ1) is 17.2. The molecule has 1 rings (SSSR count). The number of rotatable bonds is 4. The highest BCUT2D eigenvalue weighted by Crippen LogP contribution is 2.22. The molecule has 116 valence electrons. The van der Waals surface area contributed by atoms with Gasteiger partial charge < -0.3 is 10.6 Å². The van der Waals surface area contributed by atoms with Gasteiger partial charge in [-0.1, -0.05) is 46.1 Å². The van der Waals surface area contributed by atoms with Crippen LogP contribution in [0.25, 0.3) is 0 Å². The lowest BCUT2D eigenvalue weighted by Gasteiger charge is -2.34. The van der Waals surface area contributed by atoms with Crippen LogP contribution < -0.4 is 10.6 Å². The summed E-state index contributed by atoms with van der Waals surface area (Å²) >= 11 is 0. The average Bonchev–Trinajstić information content (AvgIpc) is 2.33. The monoisotopic (exact) mass is 290 g/mol. The predicted molar refractivity (Wildman–Crippen MR) is 85.4 cm³/mol. The molecule has 0 spiro atoms. The summed E-state index contributed by atoms with van der Waals surface area (Å²) in [5.41, 5.74) is 0.315. The van der Waals surface area contributed by atoms with E-state index in [0.29, 0.717) is 24.1 Å². The van der Waals surface area contributed by atoms with Gasteiger partial charge in [0.2, 0.25) is 5.91 Å². The second-order valence-corrected chi connectivity index (χ2v) is 7.04. The lowest BCUT2D eigenvalue weighted by Crippen LogP contribution is -2.59. The lowest BCUT2D eigenvalue weighted by atomic mass is 9.89. The van der Waals surface area contributed by atoms with Crippen molar-refractivity contribution in [2.45, 2.75) is 52.5 Å². The van der Waals surface area contributed by atoms with Crippen molar-refractivity contribution < 1.29 is 9.59 Å².